The fourth-order valence-electron chi connectivity index (χ4n) is 2.29. The number of fused-ring (bicyclic) bond motifs is 1. The van der Waals surface area contributed by atoms with E-state index in [0.29, 0.717) is 5.56 Å². The summed E-state index contributed by atoms with van der Waals surface area (Å²) in [6, 6.07) is 9.56. The van der Waals surface area contributed by atoms with E-state index in [0.717, 1.165) is 28.3 Å². The monoisotopic (exact) mass is 280 g/mol. The van der Waals surface area contributed by atoms with Gasteiger partial charge in [-0.05, 0) is 32.4 Å². The summed E-state index contributed by atoms with van der Waals surface area (Å²) >= 11 is 0. The van der Waals surface area contributed by atoms with Crippen LogP contribution in [-0.4, -0.2) is 20.5 Å². The Hall–Kier alpha value is -2.69. The van der Waals surface area contributed by atoms with Crippen LogP contribution in [0.1, 0.15) is 27.3 Å². The molecule has 5 heteroatoms. The van der Waals surface area contributed by atoms with Gasteiger partial charge in [-0.1, -0.05) is 18.2 Å². The summed E-state index contributed by atoms with van der Waals surface area (Å²) in [4.78, 5) is 16.7. The lowest BCUT2D eigenvalue weighted by Crippen LogP contribution is -2.16. The van der Waals surface area contributed by atoms with Gasteiger partial charge in [0.1, 0.15) is 0 Å². The topological polar surface area (TPSA) is 59.3 Å². The number of aryl methyl sites for hydroxylation is 3. The van der Waals surface area contributed by atoms with E-state index in [4.69, 9.17) is 0 Å². The molecular weight excluding hydrogens is 264 g/mol. The number of nitrogens with zero attached hydrogens (tertiary/aromatic N) is 3. The average Bonchev–Trinajstić information content (AvgIpc) is 2.83. The van der Waals surface area contributed by atoms with Gasteiger partial charge in [0.15, 0.2) is 5.65 Å². The van der Waals surface area contributed by atoms with Gasteiger partial charge in [0, 0.05) is 18.0 Å². The molecule has 0 spiro atoms. The van der Waals surface area contributed by atoms with Crippen LogP contribution in [0.25, 0.3) is 5.65 Å². The summed E-state index contributed by atoms with van der Waals surface area (Å²) in [5, 5.41) is 7.27. The van der Waals surface area contributed by atoms with Gasteiger partial charge in [0.2, 0.25) is 0 Å². The van der Waals surface area contributed by atoms with Gasteiger partial charge < -0.3 is 5.32 Å². The van der Waals surface area contributed by atoms with Crippen LogP contribution in [-0.2, 0) is 0 Å². The minimum Gasteiger partial charge on any atom is -0.322 e. The molecule has 0 saturated heterocycles. The molecule has 0 aliphatic heterocycles. The number of amides is 1. The Labute approximate surface area is 122 Å². The molecule has 0 fully saturated rings. The second-order valence-corrected chi connectivity index (χ2v) is 5.08. The first-order valence-corrected chi connectivity index (χ1v) is 6.75. The Morgan fingerprint density at radius 3 is 2.71 bits per heavy atom. The van der Waals surface area contributed by atoms with Crippen LogP contribution in [0.4, 0.5) is 5.69 Å². The van der Waals surface area contributed by atoms with Gasteiger partial charge in [-0.25, -0.2) is 9.50 Å². The predicted molar refractivity (Wildman–Crippen MR) is 81.6 cm³/mol. The van der Waals surface area contributed by atoms with Crippen LogP contribution in [0.15, 0.2) is 36.5 Å². The van der Waals surface area contributed by atoms with E-state index < -0.39 is 0 Å². The lowest BCUT2D eigenvalue weighted by molar-refractivity contribution is 0.102. The number of hydrogen-bond acceptors (Lipinski definition) is 3. The van der Waals surface area contributed by atoms with Crippen molar-refractivity contribution < 1.29 is 4.79 Å². The second-order valence-electron chi connectivity index (χ2n) is 5.08. The molecule has 0 unspecified atom stereocenters. The number of hydrogen-bond donors (Lipinski definition) is 1. The number of aromatic nitrogens is 3. The largest absolute Gasteiger partial charge is 0.322 e. The van der Waals surface area contributed by atoms with E-state index in [1.54, 1.807) is 10.7 Å². The number of para-hydroxylation sites is 1. The lowest BCUT2D eigenvalue weighted by atomic mass is 10.2. The van der Waals surface area contributed by atoms with Crippen molar-refractivity contribution in [2.45, 2.75) is 20.8 Å². The van der Waals surface area contributed by atoms with Crippen molar-refractivity contribution in [1.82, 2.24) is 14.6 Å². The number of benzene rings is 1. The molecule has 3 rings (SSSR count). The van der Waals surface area contributed by atoms with Crippen LogP contribution in [0.2, 0.25) is 0 Å². The third-order valence-corrected chi connectivity index (χ3v) is 3.48. The Kier molecular flexibility index (Phi) is 3.17. The number of anilines is 1. The fourth-order valence-corrected chi connectivity index (χ4v) is 2.29. The van der Waals surface area contributed by atoms with Crippen molar-refractivity contribution in [3.8, 4) is 0 Å². The number of carbonyl (C=O) groups excluding carboxylic acids is 1. The Bertz CT molecular complexity index is 835. The summed E-state index contributed by atoms with van der Waals surface area (Å²) in [6.45, 7) is 5.73. The van der Waals surface area contributed by atoms with Crippen molar-refractivity contribution >= 4 is 17.2 Å². The van der Waals surface area contributed by atoms with Crippen LogP contribution in [0.3, 0.4) is 0 Å². The van der Waals surface area contributed by atoms with Gasteiger partial charge in [0.05, 0.1) is 17.0 Å². The van der Waals surface area contributed by atoms with Crippen molar-refractivity contribution in [1.29, 1.82) is 0 Å². The number of nitrogens with one attached hydrogen (secondary N) is 1. The first-order chi connectivity index (χ1) is 10.1. The lowest BCUT2D eigenvalue weighted by Gasteiger charge is -2.10. The van der Waals surface area contributed by atoms with Crippen LogP contribution >= 0.6 is 0 Å². The number of carbonyl (C=O) groups is 1. The minimum atomic E-state index is -0.177. The maximum Gasteiger partial charge on any atom is 0.259 e. The van der Waals surface area contributed by atoms with Crippen molar-refractivity contribution in [3.05, 3.63) is 59.0 Å². The molecule has 21 heavy (non-hydrogen) atoms. The third kappa shape index (κ3) is 2.38. The standard InChI is InChI=1S/C16H16N4O/c1-10-6-4-5-7-14(10)18-16(21)13-9-17-15-8-11(2)19-20(15)12(13)3/h4-9H,1-3H3,(H,18,21). The smallest absolute Gasteiger partial charge is 0.259 e. The molecule has 3 aromatic rings. The summed E-state index contributed by atoms with van der Waals surface area (Å²) < 4.78 is 1.70. The molecule has 5 nitrogen and oxygen atoms in total. The van der Waals surface area contributed by atoms with E-state index in [-0.39, 0.29) is 5.91 Å². The maximum atomic E-state index is 12.4. The van der Waals surface area contributed by atoms with E-state index in [2.05, 4.69) is 15.4 Å². The van der Waals surface area contributed by atoms with Gasteiger partial charge in [0.25, 0.3) is 5.91 Å². The van der Waals surface area contributed by atoms with Crippen LogP contribution < -0.4 is 5.32 Å². The van der Waals surface area contributed by atoms with Crippen molar-refractivity contribution in [3.63, 3.8) is 0 Å². The zero-order valence-electron chi connectivity index (χ0n) is 12.2. The van der Waals surface area contributed by atoms with Gasteiger partial charge in [-0.2, -0.15) is 5.10 Å². The molecule has 2 heterocycles. The SMILES string of the molecule is Cc1cc2ncc(C(=O)Nc3ccccc3C)c(C)n2n1. The highest BCUT2D eigenvalue weighted by Gasteiger charge is 2.14. The van der Waals surface area contributed by atoms with E-state index >= 15 is 0 Å². The minimum absolute atomic E-state index is 0.177. The third-order valence-electron chi connectivity index (χ3n) is 3.48. The summed E-state index contributed by atoms with van der Waals surface area (Å²) in [5.41, 5.74) is 4.75. The highest BCUT2D eigenvalue weighted by molar-refractivity contribution is 6.05. The summed E-state index contributed by atoms with van der Waals surface area (Å²) in [6.07, 6.45) is 1.60. The Morgan fingerprint density at radius 2 is 1.95 bits per heavy atom. The fraction of sp³-hybridized carbons (Fsp3) is 0.188. The zero-order valence-corrected chi connectivity index (χ0v) is 12.2. The molecule has 0 atom stereocenters. The van der Waals surface area contributed by atoms with Crippen molar-refractivity contribution in [2.75, 3.05) is 5.32 Å². The molecule has 106 valence electrons. The highest BCUT2D eigenvalue weighted by Crippen LogP contribution is 2.16. The van der Waals surface area contributed by atoms with Gasteiger partial charge in [-0.3, -0.25) is 4.79 Å². The quantitative estimate of drug-likeness (QED) is 0.785. The molecule has 0 aliphatic carbocycles. The van der Waals surface area contributed by atoms with Crippen molar-refractivity contribution in [2.24, 2.45) is 0 Å². The Morgan fingerprint density at radius 1 is 1.19 bits per heavy atom. The second kappa shape index (κ2) is 5.01. The van der Waals surface area contributed by atoms with Gasteiger partial charge in [-0.15, -0.1) is 0 Å². The van der Waals surface area contributed by atoms with Crippen LogP contribution in [0, 0.1) is 20.8 Å². The number of rotatable bonds is 2. The molecule has 1 aromatic carbocycles. The predicted octanol–water partition coefficient (Wildman–Crippen LogP) is 2.91. The molecule has 0 bridgehead atoms. The molecule has 1 amide bonds. The van der Waals surface area contributed by atoms with Crippen LogP contribution in [0.5, 0.6) is 0 Å². The summed E-state index contributed by atoms with van der Waals surface area (Å²) in [7, 11) is 0. The average molecular weight is 280 g/mol. The first kappa shape index (κ1) is 13.3. The molecule has 1 N–H and O–H groups in total. The van der Waals surface area contributed by atoms with Gasteiger partial charge >= 0.3 is 0 Å². The summed E-state index contributed by atoms with van der Waals surface area (Å²) in [5.74, 6) is -0.177. The Balaban J connectivity index is 1.98. The first-order valence-electron chi connectivity index (χ1n) is 6.75. The zero-order chi connectivity index (χ0) is 15.0. The molecule has 0 radical (unpaired) electrons. The molecule has 2 aromatic heterocycles. The van der Waals surface area contributed by atoms with E-state index in [1.165, 1.54) is 0 Å². The van der Waals surface area contributed by atoms with E-state index in [9.17, 15) is 4.79 Å². The van der Waals surface area contributed by atoms with E-state index in [1.807, 2.05) is 51.1 Å². The molecular formula is C16H16N4O. The highest BCUT2D eigenvalue weighted by atomic mass is 16.1. The maximum absolute atomic E-state index is 12.4. The normalized spacial score (nSPS) is 10.8. The molecule has 0 aliphatic rings. The molecule has 0 saturated carbocycles.